The molecule has 0 spiro atoms. The topological polar surface area (TPSA) is 64.6 Å². The van der Waals surface area contributed by atoms with E-state index >= 15 is 0 Å². The van der Waals surface area contributed by atoms with Gasteiger partial charge in [0.25, 0.3) is 0 Å². The lowest BCUT2D eigenvalue weighted by atomic mass is 9.78. The Kier molecular flexibility index (Phi) is 15.5. The lowest BCUT2D eigenvalue weighted by Crippen LogP contribution is -2.20. The molecule has 2 aromatic rings. The molecule has 0 radical (unpaired) electrons. The van der Waals surface area contributed by atoms with Gasteiger partial charge < -0.3 is 24.4 Å². The van der Waals surface area contributed by atoms with Gasteiger partial charge in [0.2, 0.25) is 0 Å². The van der Waals surface area contributed by atoms with Crippen LogP contribution in [-0.4, -0.2) is 40.4 Å². The van der Waals surface area contributed by atoms with Crippen LogP contribution in [0.5, 0.6) is 11.5 Å². The first-order valence-corrected chi connectivity index (χ1v) is 12.7. The van der Waals surface area contributed by atoms with Crippen molar-refractivity contribution in [3.05, 3.63) is 56.6 Å². The molecule has 0 amide bonds. The van der Waals surface area contributed by atoms with Crippen LogP contribution in [0.2, 0.25) is 0 Å². The van der Waals surface area contributed by atoms with Crippen molar-refractivity contribution in [2.24, 2.45) is 5.92 Å². The molecule has 2 rings (SSSR count). The zero-order chi connectivity index (χ0) is 27.2. The molecule has 0 aromatic heterocycles. The second-order valence-electron chi connectivity index (χ2n) is 9.56. The smallest absolute Gasteiger partial charge is 0.133 e. The first kappa shape index (κ1) is 32.8. The van der Waals surface area contributed by atoms with Crippen molar-refractivity contribution in [1.82, 2.24) is 5.32 Å². The lowest BCUT2D eigenvalue weighted by molar-refractivity contribution is -0.110. The van der Waals surface area contributed by atoms with Crippen LogP contribution in [0.25, 0.3) is 0 Å². The molecule has 35 heavy (non-hydrogen) atoms. The Bertz CT molecular complexity index is 939. The molecule has 0 atom stereocenters. The predicted molar refractivity (Wildman–Crippen MR) is 150 cm³/mol. The third-order valence-corrected chi connectivity index (χ3v) is 6.08. The first-order chi connectivity index (χ1) is 16.4. The van der Waals surface area contributed by atoms with Crippen molar-refractivity contribution in [3.63, 3.8) is 0 Å². The molecule has 0 fully saturated rings. The molecule has 6 heteroatoms. The monoisotopic (exact) mass is 549 g/mol. The summed E-state index contributed by atoms with van der Waals surface area (Å²) in [4.78, 5) is 20.2. The van der Waals surface area contributed by atoms with Crippen LogP contribution in [0.15, 0.2) is 28.7 Å². The second kappa shape index (κ2) is 16.5. The summed E-state index contributed by atoms with van der Waals surface area (Å²) in [6, 6.07) is 8.35. The summed E-state index contributed by atoms with van der Waals surface area (Å²) in [7, 11) is 5.33. The minimum Gasteiger partial charge on any atom is -0.496 e. The van der Waals surface area contributed by atoms with Crippen molar-refractivity contribution in [3.8, 4) is 11.5 Å². The van der Waals surface area contributed by atoms with Crippen molar-refractivity contribution in [1.29, 1.82) is 0 Å². The molecule has 196 valence electrons. The summed E-state index contributed by atoms with van der Waals surface area (Å²) in [6.07, 6.45) is 3.43. The van der Waals surface area contributed by atoms with Gasteiger partial charge in [0.05, 0.1) is 18.7 Å². The Morgan fingerprint density at radius 2 is 1.54 bits per heavy atom. The van der Waals surface area contributed by atoms with E-state index in [0.717, 1.165) is 47.1 Å². The summed E-state index contributed by atoms with van der Waals surface area (Å²) in [5.41, 5.74) is 5.95. The molecule has 0 saturated heterocycles. The van der Waals surface area contributed by atoms with E-state index in [1.54, 1.807) is 14.2 Å². The number of rotatable bonds is 9. The predicted octanol–water partition coefficient (Wildman–Crippen LogP) is 6.55. The van der Waals surface area contributed by atoms with E-state index in [1.807, 2.05) is 33.9 Å². The molecule has 0 saturated carbocycles. The maximum absolute atomic E-state index is 10.7. The third-order valence-electron chi connectivity index (χ3n) is 5.46. The Morgan fingerprint density at radius 1 is 0.971 bits per heavy atom. The largest absolute Gasteiger partial charge is 0.496 e. The third kappa shape index (κ3) is 11.4. The highest BCUT2D eigenvalue weighted by atomic mass is 79.9. The molecular weight excluding hydrogens is 506 g/mol. The van der Waals surface area contributed by atoms with Crippen molar-refractivity contribution in [2.45, 2.75) is 66.7 Å². The van der Waals surface area contributed by atoms with Gasteiger partial charge in [-0.15, -0.1) is 0 Å². The Labute approximate surface area is 221 Å². The normalized spacial score (nSPS) is 10.5. The van der Waals surface area contributed by atoms with Gasteiger partial charge >= 0.3 is 0 Å². The molecule has 5 nitrogen and oxygen atoms in total. The molecule has 0 aliphatic heterocycles. The SMILES string of the molecule is CC(C)C=O.CNCCc1cc(OC)c(Br)cc1C.COc1cc(C)cc(C)c1C(C)(C)CC=O. The molecule has 1 N–H and O–H groups in total. The molecular formula is C29H44BrNO4. The van der Waals surface area contributed by atoms with E-state index in [2.05, 4.69) is 67.1 Å². The van der Waals surface area contributed by atoms with Gasteiger partial charge in [-0.2, -0.15) is 0 Å². The van der Waals surface area contributed by atoms with Gasteiger partial charge in [0.15, 0.2) is 0 Å². The van der Waals surface area contributed by atoms with Gasteiger partial charge in [-0.1, -0.05) is 33.8 Å². The number of halogens is 1. The van der Waals surface area contributed by atoms with Gasteiger partial charge in [0, 0.05) is 23.3 Å². The number of ether oxygens (including phenoxy) is 2. The fourth-order valence-corrected chi connectivity index (χ4v) is 4.27. The van der Waals surface area contributed by atoms with Crippen LogP contribution in [0.4, 0.5) is 0 Å². The number of hydrogen-bond donors (Lipinski definition) is 1. The lowest BCUT2D eigenvalue weighted by Gasteiger charge is -2.27. The minimum atomic E-state index is -0.176. The van der Waals surface area contributed by atoms with Crippen LogP contribution in [0.3, 0.4) is 0 Å². The number of carbonyl (C=O) groups excluding carboxylic acids is 2. The zero-order valence-corrected chi connectivity index (χ0v) is 24.8. The minimum absolute atomic E-state index is 0.176. The van der Waals surface area contributed by atoms with Gasteiger partial charge in [-0.05, 0) is 97.2 Å². The molecule has 0 unspecified atom stereocenters. The number of benzene rings is 2. The molecule has 0 aliphatic carbocycles. The standard InChI is InChI=1S/C14H20O2.C11H16BrNO.C4H8O/c1-10-8-11(2)13(12(9-10)16-5)14(3,4)6-7-15;1-8-6-10(12)11(14-3)7-9(8)4-5-13-2;1-4(2)3-5/h7-9H,6H2,1-5H3;6-7,13H,4-5H2,1-3H3;3-4H,1-2H3. The van der Waals surface area contributed by atoms with E-state index in [9.17, 15) is 9.59 Å². The van der Waals surface area contributed by atoms with E-state index < -0.39 is 0 Å². The number of methoxy groups -OCH3 is 2. The number of nitrogens with one attached hydrogen (secondary N) is 1. The summed E-state index contributed by atoms with van der Waals surface area (Å²) < 4.78 is 11.7. The zero-order valence-electron chi connectivity index (χ0n) is 23.2. The number of carbonyl (C=O) groups is 2. The van der Waals surface area contributed by atoms with E-state index in [4.69, 9.17) is 9.47 Å². The highest BCUT2D eigenvalue weighted by Crippen LogP contribution is 2.37. The quantitative estimate of drug-likeness (QED) is 0.359. The van der Waals surface area contributed by atoms with Gasteiger partial charge in [-0.3, -0.25) is 0 Å². The summed E-state index contributed by atoms with van der Waals surface area (Å²) in [5, 5.41) is 3.14. The second-order valence-corrected chi connectivity index (χ2v) is 10.4. The Morgan fingerprint density at radius 3 is 2.00 bits per heavy atom. The number of aldehydes is 2. The number of aryl methyl sites for hydroxylation is 3. The Balaban J connectivity index is 0.000000558. The van der Waals surface area contributed by atoms with Gasteiger partial charge in [-0.25, -0.2) is 0 Å². The summed E-state index contributed by atoms with van der Waals surface area (Å²) in [6.45, 7) is 15.1. The molecule has 0 bridgehead atoms. The van der Waals surface area contributed by atoms with Crippen LogP contribution in [-0.2, 0) is 21.4 Å². The fraction of sp³-hybridized carbons (Fsp3) is 0.517. The molecule has 0 heterocycles. The van der Waals surface area contributed by atoms with Crippen LogP contribution < -0.4 is 14.8 Å². The summed E-state index contributed by atoms with van der Waals surface area (Å²) in [5.74, 6) is 1.99. The maximum Gasteiger partial charge on any atom is 0.133 e. The molecule has 0 aliphatic rings. The van der Waals surface area contributed by atoms with E-state index in [0.29, 0.717) is 6.42 Å². The average molecular weight is 551 g/mol. The van der Waals surface area contributed by atoms with Gasteiger partial charge in [0.1, 0.15) is 24.1 Å². The highest BCUT2D eigenvalue weighted by molar-refractivity contribution is 9.10. The summed E-state index contributed by atoms with van der Waals surface area (Å²) >= 11 is 3.47. The van der Waals surface area contributed by atoms with E-state index in [1.165, 1.54) is 22.3 Å². The number of likely N-dealkylation sites (N-methyl/N-ethyl adjacent to an activating group) is 1. The van der Waals surface area contributed by atoms with Crippen molar-refractivity contribution in [2.75, 3.05) is 27.8 Å². The van der Waals surface area contributed by atoms with E-state index in [-0.39, 0.29) is 11.3 Å². The Hall–Kier alpha value is -2.18. The average Bonchev–Trinajstić information content (AvgIpc) is 2.78. The highest BCUT2D eigenvalue weighted by Gasteiger charge is 2.26. The van der Waals surface area contributed by atoms with Crippen LogP contribution in [0.1, 0.15) is 61.9 Å². The maximum atomic E-state index is 10.7. The fourth-order valence-electron chi connectivity index (χ4n) is 3.65. The van der Waals surface area contributed by atoms with Crippen LogP contribution >= 0.6 is 15.9 Å². The number of hydrogen-bond acceptors (Lipinski definition) is 5. The van der Waals surface area contributed by atoms with Crippen LogP contribution in [0, 0.1) is 26.7 Å². The van der Waals surface area contributed by atoms with Crippen molar-refractivity contribution < 1.29 is 19.1 Å². The first-order valence-electron chi connectivity index (χ1n) is 11.9. The molecule has 2 aromatic carbocycles. The van der Waals surface area contributed by atoms with Crippen molar-refractivity contribution >= 4 is 28.5 Å².